The molecule has 0 amide bonds. The van der Waals surface area contributed by atoms with Crippen LogP contribution >= 0.6 is 27.7 Å². The van der Waals surface area contributed by atoms with Crippen LogP contribution in [-0.4, -0.2) is 55.7 Å². The van der Waals surface area contributed by atoms with E-state index in [1.54, 1.807) is 0 Å². The van der Waals surface area contributed by atoms with Crippen molar-refractivity contribution < 1.29 is 0 Å². The molecule has 0 aliphatic carbocycles. The Kier molecular flexibility index (Phi) is 6.72. The molecular formula is C14H22BrN3S. The standard InChI is InChI=1S/C14H22BrN3S/c1-11(10-16-14(17(2)3)18(4)5)19-13-8-6-12(15)7-9-13/h6-9,11H,10H2,1-5H3. The second kappa shape index (κ2) is 7.80. The number of benzene rings is 1. The van der Waals surface area contributed by atoms with Gasteiger partial charge in [-0.25, -0.2) is 0 Å². The molecule has 0 saturated carbocycles. The molecule has 1 aromatic carbocycles. The molecule has 0 heterocycles. The van der Waals surface area contributed by atoms with E-state index in [1.165, 1.54) is 4.90 Å². The first-order valence-electron chi connectivity index (χ1n) is 6.21. The smallest absolute Gasteiger partial charge is 0.195 e. The monoisotopic (exact) mass is 343 g/mol. The minimum atomic E-state index is 0.455. The summed E-state index contributed by atoms with van der Waals surface area (Å²) in [6.07, 6.45) is 0. The third kappa shape index (κ3) is 5.87. The van der Waals surface area contributed by atoms with E-state index in [9.17, 15) is 0 Å². The summed E-state index contributed by atoms with van der Waals surface area (Å²) in [7, 11) is 8.08. The van der Waals surface area contributed by atoms with Gasteiger partial charge in [0.05, 0.1) is 6.54 Å². The number of rotatable bonds is 4. The molecule has 1 rings (SSSR count). The Balaban J connectivity index is 2.57. The van der Waals surface area contributed by atoms with Crippen LogP contribution in [0, 0.1) is 0 Å². The predicted octanol–water partition coefficient (Wildman–Crippen LogP) is 3.41. The second-order valence-electron chi connectivity index (χ2n) is 4.81. The second-order valence-corrected chi connectivity index (χ2v) is 7.24. The summed E-state index contributed by atoms with van der Waals surface area (Å²) in [4.78, 5) is 10.0. The highest BCUT2D eigenvalue weighted by atomic mass is 79.9. The Hall–Kier alpha value is -0.680. The van der Waals surface area contributed by atoms with Crippen molar-refractivity contribution in [1.82, 2.24) is 9.80 Å². The zero-order chi connectivity index (χ0) is 14.4. The van der Waals surface area contributed by atoms with Gasteiger partial charge in [-0.1, -0.05) is 22.9 Å². The van der Waals surface area contributed by atoms with Crippen LogP contribution in [-0.2, 0) is 0 Å². The van der Waals surface area contributed by atoms with Gasteiger partial charge in [0.1, 0.15) is 0 Å². The van der Waals surface area contributed by atoms with Crippen LogP contribution in [0.5, 0.6) is 0 Å². The molecule has 19 heavy (non-hydrogen) atoms. The molecule has 0 aromatic heterocycles. The third-order valence-corrected chi connectivity index (χ3v) is 4.07. The zero-order valence-electron chi connectivity index (χ0n) is 12.2. The Morgan fingerprint density at radius 1 is 1.16 bits per heavy atom. The van der Waals surface area contributed by atoms with E-state index in [2.05, 4.69) is 52.1 Å². The largest absolute Gasteiger partial charge is 0.349 e. The first kappa shape index (κ1) is 16.4. The highest BCUT2D eigenvalue weighted by Gasteiger charge is 2.07. The summed E-state index contributed by atoms with van der Waals surface area (Å²) in [5.41, 5.74) is 0. The van der Waals surface area contributed by atoms with Crippen molar-refractivity contribution in [2.24, 2.45) is 4.99 Å². The third-order valence-electron chi connectivity index (χ3n) is 2.44. The van der Waals surface area contributed by atoms with Crippen molar-refractivity contribution in [3.8, 4) is 0 Å². The molecule has 0 aliphatic rings. The number of hydrogen-bond acceptors (Lipinski definition) is 2. The van der Waals surface area contributed by atoms with E-state index in [0.29, 0.717) is 5.25 Å². The molecule has 0 fully saturated rings. The molecular weight excluding hydrogens is 322 g/mol. The fourth-order valence-corrected chi connectivity index (χ4v) is 2.85. The fraction of sp³-hybridized carbons (Fsp3) is 0.500. The number of guanidine groups is 1. The maximum Gasteiger partial charge on any atom is 0.195 e. The van der Waals surface area contributed by atoms with Crippen molar-refractivity contribution in [3.05, 3.63) is 28.7 Å². The van der Waals surface area contributed by atoms with Gasteiger partial charge in [0, 0.05) is 42.8 Å². The minimum Gasteiger partial charge on any atom is -0.349 e. The van der Waals surface area contributed by atoms with Crippen molar-refractivity contribution in [2.75, 3.05) is 34.7 Å². The summed E-state index contributed by atoms with van der Waals surface area (Å²) < 4.78 is 1.12. The lowest BCUT2D eigenvalue weighted by Crippen LogP contribution is -2.35. The highest BCUT2D eigenvalue weighted by molar-refractivity contribution is 9.10. The summed E-state index contributed by atoms with van der Waals surface area (Å²) in [5, 5.41) is 0.455. The van der Waals surface area contributed by atoms with Crippen molar-refractivity contribution in [3.63, 3.8) is 0 Å². The Bertz CT molecular complexity index is 405. The summed E-state index contributed by atoms with van der Waals surface area (Å²) >= 11 is 5.30. The first-order valence-corrected chi connectivity index (χ1v) is 7.88. The molecule has 1 aromatic rings. The number of halogens is 1. The lowest BCUT2D eigenvalue weighted by molar-refractivity contribution is 0.479. The normalized spacial score (nSPS) is 11.9. The average molecular weight is 344 g/mol. The summed E-state index contributed by atoms with van der Waals surface area (Å²) in [6, 6.07) is 8.41. The van der Waals surface area contributed by atoms with Crippen LogP contribution < -0.4 is 0 Å². The average Bonchev–Trinajstić information content (AvgIpc) is 2.31. The predicted molar refractivity (Wildman–Crippen MR) is 89.1 cm³/mol. The van der Waals surface area contributed by atoms with Gasteiger partial charge in [0.2, 0.25) is 0 Å². The number of nitrogens with zero attached hydrogens (tertiary/aromatic N) is 3. The summed E-state index contributed by atoms with van der Waals surface area (Å²) in [6.45, 7) is 3.02. The highest BCUT2D eigenvalue weighted by Crippen LogP contribution is 2.24. The molecule has 0 saturated heterocycles. The van der Waals surface area contributed by atoms with Gasteiger partial charge in [-0.3, -0.25) is 4.99 Å². The van der Waals surface area contributed by atoms with Crippen LogP contribution in [0.15, 0.2) is 38.6 Å². The van der Waals surface area contributed by atoms with Crippen LogP contribution in [0.3, 0.4) is 0 Å². The maximum absolute atomic E-state index is 4.67. The number of aliphatic imine (C=N–C) groups is 1. The maximum atomic E-state index is 4.67. The number of hydrogen-bond donors (Lipinski definition) is 0. The van der Waals surface area contributed by atoms with E-state index in [1.807, 2.05) is 49.8 Å². The molecule has 0 aliphatic heterocycles. The van der Waals surface area contributed by atoms with Crippen molar-refractivity contribution in [2.45, 2.75) is 17.1 Å². The summed E-state index contributed by atoms with van der Waals surface area (Å²) in [5.74, 6) is 1.00. The fourth-order valence-electron chi connectivity index (χ4n) is 1.68. The van der Waals surface area contributed by atoms with Crippen molar-refractivity contribution in [1.29, 1.82) is 0 Å². The molecule has 106 valence electrons. The van der Waals surface area contributed by atoms with Gasteiger partial charge < -0.3 is 9.80 Å². The topological polar surface area (TPSA) is 18.8 Å². The molecule has 3 nitrogen and oxygen atoms in total. The SMILES string of the molecule is CC(CN=C(N(C)C)N(C)C)Sc1ccc(Br)cc1. The lowest BCUT2D eigenvalue weighted by Gasteiger charge is -2.23. The Labute approximate surface area is 129 Å². The molecule has 1 unspecified atom stereocenters. The Morgan fingerprint density at radius 3 is 2.16 bits per heavy atom. The quantitative estimate of drug-likeness (QED) is 0.474. The molecule has 0 N–H and O–H groups in total. The van der Waals surface area contributed by atoms with Gasteiger partial charge in [-0.05, 0) is 24.3 Å². The van der Waals surface area contributed by atoms with E-state index in [0.717, 1.165) is 17.0 Å². The van der Waals surface area contributed by atoms with Gasteiger partial charge >= 0.3 is 0 Å². The van der Waals surface area contributed by atoms with Gasteiger partial charge in [-0.2, -0.15) is 0 Å². The molecule has 5 heteroatoms. The zero-order valence-corrected chi connectivity index (χ0v) is 14.6. The number of thioether (sulfide) groups is 1. The van der Waals surface area contributed by atoms with Gasteiger partial charge in [-0.15, -0.1) is 11.8 Å². The van der Waals surface area contributed by atoms with E-state index in [-0.39, 0.29) is 0 Å². The first-order chi connectivity index (χ1) is 8.90. The molecule has 0 spiro atoms. The van der Waals surface area contributed by atoms with Gasteiger partial charge in [0.15, 0.2) is 5.96 Å². The van der Waals surface area contributed by atoms with E-state index in [4.69, 9.17) is 0 Å². The van der Waals surface area contributed by atoms with Crippen LogP contribution in [0.1, 0.15) is 6.92 Å². The van der Waals surface area contributed by atoms with Gasteiger partial charge in [0.25, 0.3) is 0 Å². The van der Waals surface area contributed by atoms with Crippen LogP contribution in [0.4, 0.5) is 0 Å². The lowest BCUT2D eigenvalue weighted by atomic mass is 10.4. The molecule has 0 bridgehead atoms. The molecule has 1 atom stereocenters. The minimum absolute atomic E-state index is 0.455. The van der Waals surface area contributed by atoms with Crippen LogP contribution in [0.25, 0.3) is 0 Å². The Morgan fingerprint density at radius 2 is 1.68 bits per heavy atom. The van der Waals surface area contributed by atoms with E-state index < -0.39 is 0 Å². The van der Waals surface area contributed by atoms with Crippen molar-refractivity contribution >= 4 is 33.7 Å². The molecule has 0 radical (unpaired) electrons. The van der Waals surface area contributed by atoms with Crippen LogP contribution in [0.2, 0.25) is 0 Å². The van der Waals surface area contributed by atoms with E-state index >= 15 is 0 Å².